The first-order valence-corrected chi connectivity index (χ1v) is 7.70. The zero-order chi connectivity index (χ0) is 17.1. The number of benzene rings is 1. The van der Waals surface area contributed by atoms with Gasteiger partial charge < -0.3 is 5.11 Å². The molecule has 0 radical (unpaired) electrons. The first kappa shape index (κ1) is 18.4. The second-order valence-electron chi connectivity index (χ2n) is 4.78. The molecular weight excluding hydrogens is 321 g/mol. The van der Waals surface area contributed by atoms with E-state index >= 15 is 0 Å². The summed E-state index contributed by atoms with van der Waals surface area (Å²) in [5, 5.41) is 17.8. The van der Waals surface area contributed by atoms with Gasteiger partial charge in [-0.25, -0.2) is 12.7 Å². The van der Waals surface area contributed by atoms with Crippen LogP contribution in [0.15, 0.2) is 23.1 Å². The summed E-state index contributed by atoms with van der Waals surface area (Å²) in [7, 11) is -2.92. The van der Waals surface area contributed by atoms with Crippen LogP contribution in [0.1, 0.15) is 24.5 Å². The molecule has 0 aromatic heterocycles. The van der Waals surface area contributed by atoms with E-state index in [-0.39, 0.29) is 13.0 Å². The van der Waals surface area contributed by atoms with E-state index < -0.39 is 38.3 Å². The second kappa shape index (κ2) is 6.64. The second-order valence-corrected chi connectivity index (χ2v) is 6.83. The largest absolute Gasteiger partial charge is 0.417 e. The van der Waals surface area contributed by atoms with Crippen LogP contribution in [0.2, 0.25) is 0 Å². The molecule has 122 valence electrons. The SMILES string of the molecule is CC(O)CCN(C)S(=O)(=O)c1ccc(C#N)c(C(F)(F)F)c1. The number of alkyl halides is 3. The van der Waals surface area contributed by atoms with Crippen LogP contribution in [0.3, 0.4) is 0 Å². The molecule has 1 aromatic carbocycles. The lowest BCUT2D eigenvalue weighted by Crippen LogP contribution is -2.30. The Morgan fingerprint density at radius 2 is 2.00 bits per heavy atom. The molecule has 0 saturated heterocycles. The van der Waals surface area contributed by atoms with Crippen molar-refractivity contribution in [1.29, 1.82) is 5.26 Å². The minimum Gasteiger partial charge on any atom is -0.393 e. The highest BCUT2D eigenvalue weighted by atomic mass is 32.2. The van der Waals surface area contributed by atoms with E-state index in [1.807, 2.05) is 0 Å². The van der Waals surface area contributed by atoms with Crippen LogP contribution >= 0.6 is 0 Å². The molecule has 0 saturated carbocycles. The molecule has 1 aromatic rings. The number of hydrogen-bond acceptors (Lipinski definition) is 4. The van der Waals surface area contributed by atoms with Crippen LogP contribution in [-0.4, -0.2) is 37.5 Å². The van der Waals surface area contributed by atoms with Crippen LogP contribution in [0, 0.1) is 11.3 Å². The molecular formula is C13H15F3N2O3S. The van der Waals surface area contributed by atoms with Crippen molar-refractivity contribution in [3.8, 4) is 6.07 Å². The van der Waals surface area contributed by atoms with Gasteiger partial charge in [0.25, 0.3) is 0 Å². The summed E-state index contributed by atoms with van der Waals surface area (Å²) < 4.78 is 63.9. The summed E-state index contributed by atoms with van der Waals surface area (Å²) in [6.45, 7) is 1.44. The van der Waals surface area contributed by atoms with Gasteiger partial charge in [0.15, 0.2) is 0 Å². The number of sulfonamides is 1. The molecule has 1 unspecified atom stereocenters. The molecule has 0 spiro atoms. The number of nitriles is 1. The third-order valence-corrected chi connectivity index (χ3v) is 4.84. The van der Waals surface area contributed by atoms with E-state index in [9.17, 15) is 21.6 Å². The molecule has 0 fully saturated rings. The van der Waals surface area contributed by atoms with Crippen LogP contribution in [0.25, 0.3) is 0 Å². The maximum atomic E-state index is 12.9. The first-order chi connectivity index (χ1) is 10.00. The topological polar surface area (TPSA) is 81.4 Å². The van der Waals surface area contributed by atoms with Gasteiger partial charge in [0, 0.05) is 13.6 Å². The third-order valence-electron chi connectivity index (χ3n) is 2.99. The van der Waals surface area contributed by atoms with E-state index in [1.165, 1.54) is 20.0 Å². The molecule has 0 aliphatic carbocycles. The van der Waals surface area contributed by atoms with Gasteiger partial charge in [-0.05, 0) is 31.5 Å². The van der Waals surface area contributed by atoms with Gasteiger partial charge in [0.05, 0.1) is 28.2 Å². The number of rotatable bonds is 5. The van der Waals surface area contributed by atoms with Crippen molar-refractivity contribution in [3.05, 3.63) is 29.3 Å². The molecule has 9 heteroatoms. The highest BCUT2D eigenvalue weighted by Crippen LogP contribution is 2.33. The monoisotopic (exact) mass is 336 g/mol. The van der Waals surface area contributed by atoms with E-state index in [4.69, 9.17) is 10.4 Å². The minimum absolute atomic E-state index is 0.0403. The molecule has 22 heavy (non-hydrogen) atoms. The number of aliphatic hydroxyl groups is 1. The van der Waals surface area contributed by atoms with Crippen LogP contribution in [-0.2, 0) is 16.2 Å². The summed E-state index contributed by atoms with van der Waals surface area (Å²) in [4.78, 5) is -0.549. The van der Waals surface area contributed by atoms with Gasteiger partial charge in [0.1, 0.15) is 0 Å². The fraction of sp³-hybridized carbons (Fsp3) is 0.462. The molecule has 0 aliphatic heterocycles. The predicted molar refractivity (Wildman–Crippen MR) is 72.3 cm³/mol. The Balaban J connectivity index is 3.24. The molecule has 1 rings (SSSR count). The number of halogens is 3. The van der Waals surface area contributed by atoms with Gasteiger partial charge in [0.2, 0.25) is 10.0 Å². The number of nitrogens with zero attached hydrogens (tertiary/aromatic N) is 2. The Labute approximate surface area is 126 Å². The van der Waals surface area contributed by atoms with Crippen molar-refractivity contribution < 1.29 is 26.7 Å². The Hall–Kier alpha value is -1.63. The lowest BCUT2D eigenvalue weighted by molar-refractivity contribution is -0.137. The van der Waals surface area contributed by atoms with Crippen molar-refractivity contribution >= 4 is 10.0 Å². The average molecular weight is 336 g/mol. The van der Waals surface area contributed by atoms with E-state index in [2.05, 4.69) is 0 Å². The van der Waals surface area contributed by atoms with Crippen LogP contribution in [0.4, 0.5) is 13.2 Å². The van der Waals surface area contributed by atoms with E-state index in [0.717, 1.165) is 16.4 Å². The Kier molecular flexibility index (Phi) is 5.56. The minimum atomic E-state index is -4.82. The summed E-state index contributed by atoms with van der Waals surface area (Å²) in [5.41, 5.74) is -1.93. The first-order valence-electron chi connectivity index (χ1n) is 6.26. The summed E-state index contributed by atoms with van der Waals surface area (Å²) in [6, 6.07) is 3.63. The van der Waals surface area contributed by atoms with Crippen molar-refractivity contribution in [2.24, 2.45) is 0 Å². The zero-order valence-electron chi connectivity index (χ0n) is 11.9. The lowest BCUT2D eigenvalue weighted by atomic mass is 10.1. The van der Waals surface area contributed by atoms with Gasteiger partial charge >= 0.3 is 6.18 Å². The van der Waals surface area contributed by atoms with E-state index in [1.54, 1.807) is 0 Å². The zero-order valence-corrected chi connectivity index (χ0v) is 12.7. The Morgan fingerprint density at radius 1 is 1.41 bits per heavy atom. The average Bonchev–Trinajstić information content (AvgIpc) is 2.42. The Morgan fingerprint density at radius 3 is 2.45 bits per heavy atom. The highest BCUT2D eigenvalue weighted by molar-refractivity contribution is 7.89. The Bertz CT molecular complexity index is 679. The van der Waals surface area contributed by atoms with Crippen molar-refractivity contribution in [3.63, 3.8) is 0 Å². The van der Waals surface area contributed by atoms with E-state index in [0.29, 0.717) is 6.07 Å². The third kappa shape index (κ3) is 4.19. The van der Waals surface area contributed by atoms with Gasteiger partial charge in [-0.2, -0.15) is 18.4 Å². The lowest BCUT2D eigenvalue weighted by Gasteiger charge is -2.19. The molecule has 5 nitrogen and oxygen atoms in total. The molecule has 0 bridgehead atoms. The quantitative estimate of drug-likeness (QED) is 0.891. The summed E-state index contributed by atoms with van der Waals surface area (Å²) in [5.74, 6) is 0. The van der Waals surface area contributed by atoms with Crippen LogP contribution < -0.4 is 0 Å². The maximum Gasteiger partial charge on any atom is 0.417 e. The van der Waals surface area contributed by atoms with Gasteiger partial charge in [-0.15, -0.1) is 0 Å². The number of hydrogen-bond donors (Lipinski definition) is 1. The predicted octanol–water partition coefficient (Wildman–Crippen LogP) is 1.97. The summed E-state index contributed by atoms with van der Waals surface area (Å²) in [6.07, 6.45) is -5.41. The molecule has 0 aliphatic rings. The smallest absolute Gasteiger partial charge is 0.393 e. The fourth-order valence-electron chi connectivity index (χ4n) is 1.68. The normalized spacial score (nSPS) is 13.9. The van der Waals surface area contributed by atoms with Crippen molar-refractivity contribution in [2.75, 3.05) is 13.6 Å². The van der Waals surface area contributed by atoms with Gasteiger partial charge in [-0.3, -0.25) is 0 Å². The van der Waals surface area contributed by atoms with Crippen molar-refractivity contribution in [1.82, 2.24) is 4.31 Å². The molecule has 0 amide bonds. The molecule has 1 N–H and O–H groups in total. The van der Waals surface area contributed by atoms with Crippen molar-refractivity contribution in [2.45, 2.75) is 30.5 Å². The summed E-state index contributed by atoms with van der Waals surface area (Å²) >= 11 is 0. The molecule has 1 atom stereocenters. The standard InChI is InChI=1S/C13H15F3N2O3S/c1-9(19)5-6-18(2)22(20,21)11-4-3-10(8-17)12(7-11)13(14,15)16/h3-4,7,9,19H,5-6H2,1-2H3. The van der Waals surface area contributed by atoms with Crippen LogP contribution in [0.5, 0.6) is 0 Å². The van der Waals surface area contributed by atoms with Gasteiger partial charge in [-0.1, -0.05) is 0 Å². The molecule has 0 heterocycles. The maximum absolute atomic E-state index is 12.9. The number of aliphatic hydroxyl groups excluding tert-OH is 1. The fourth-order valence-corrected chi connectivity index (χ4v) is 2.90. The highest BCUT2D eigenvalue weighted by Gasteiger charge is 2.35.